The largest absolute Gasteiger partial charge is 0.393 e. The molecule has 0 radical (unpaired) electrons. The van der Waals surface area contributed by atoms with Crippen molar-refractivity contribution < 1.29 is 5.11 Å². The highest BCUT2D eigenvalue weighted by Gasteiger charge is 2.08. The van der Waals surface area contributed by atoms with E-state index in [2.05, 4.69) is 37.7 Å². The number of fused-ring (bicyclic) bond motifs is 1. The third kappa shape index (κ3) is 3.80. The lowest BCUT2D eigenvalue weighted by atomic mass is 10.2. The van der Waals surface area contributed by atoms with Gasteiger partial charge in [-0.2, -0.15) is 15.1 Å². The Kier molecular flexibility index (Phi) is 5.11. The number of nitrogens with one attached hydrogen (secondary N) is 3. The van der Waals surface area contributed by atoms with Crippen molar-refractivity contribution in [2.45, 2.75) is 39.2 Å². The van der Waals surface area contributed by atoms with Crippen molar-refractivity contribution in [3.8, 4) is 0 Å². The van der Waals surface area contributed by atoms with Gasteiger partial charge in [0.2, 0.25) is 5.95 Å². The van der Waals surface area contributed by atoms with E-state index >= 15 is 0 Å². The molecule has 0 aromatic carbocycles. The smallest absolute Gasteiger partial charge is 0.226 e. The molecule has 0 aliphatic rings. The van der Waals surface area contributed by atoms with Crippen LogP contribution in [-0.2, 0) is 0 Å². The predicted octanol–water partition coefficient (Wildman–Crippen LogP) is 1.75. The first-order valence-electron chi connectivity index (χ1n) is 7.07. The first-order chi connectivity index (χ1) is 9.70. The van der Waals surface area contributed by atoms with E-state index in [1.54, 1.807) is 13.1 Å². The molecule has 20 heavy (non-hydrogen) atoms. The van der Waals surface area contributed by atoms with Gasteiger partial charge in [0, 0.05) is 13.1 Å². The van der Waals surface area contributed by atoms with E-state index in [4.69, 9.17) is 0 Å². The quantitative estimate of drug-likeness (QED) is 0.549. The summed E-state index contributed by atoms with van der Waals surface area (Å²) in [6, 6.07) is 0. The summed E-state index contributed by atoms with van der Waals surface area (Å²) in [7, 11) is 0. The molecular formula is C13H22N6O. The molecule has 2 heterocycles. The summed E-state index contributed by atoms with van der Waals surface area (Å²) < 4.78 is 0. The molecule has 0 spiro atoms. The van der Waals surface area contributed by atoms with Crippen molar-refractivity contribution in [3.63, 3.8) is 0 Å². The minimum atomic E-state index is -0.266. The van der Waals surface area contributed by atoms with Crippen molar-refractivity contribution in [2.75, 3.05) is 23.7 Å². The zero-order chi connectivity index (χ0) is 14.4. The van der Waals surface area contributed by atoms with Gasteiger partial charge >= 0.3 is 0 Å². The van der Waals surface area contributed by atoms with Gasteiger partial charge in [-0.15, -0.1) is 0 Å². The Hall–Kier alpha value is -1.89. The van der Waals surface area contributed by atoms with E-state index < -0.39 is 0 Å². The monoisotopic (exact) mass is 278 g/mol. The van der Waals surface area contributed by atoms with Gasteiger partial charge < -0.3 is 15.7 Å². The molecule has 0 saturated carbocycles. The predicted molar refractivity (Wildman–Crippen MR) is 79.9 cm³/mol. The van der Waals surface area contributed by atoms with E-state index in [1.165, 1.54) is 0 Å². The lowest BCUT2D eigenvalue weighted by molar-refractivity contribution is 0.183. The van der Waals surface area contributed by atoms with Crippen LogP contribution in [0.25, 0.3) is 11.0 Å². The fraction of sp³-hybridized carbons (Fsp3) is 0.615. The molecule has 4 N–H and O–H groups in total. The lowest BCUT2D eigenvalue weighted by Gasteiger charge is -2.10. The summed E-state index contributed by atoms with van der Waals surface area (Å²) in [6.45, 7) is 5.49. The third-order valence-electron chi connectivity index (χ3n) is 2.93. The molecule has 110 valence electrons. The Morgan fingerprint density at radius 3 is 2.90 bits per heavy atom. The number of anilines is 2. The SMILES string of the molecule is CCCNc1nc(NCCCC(C)O)c2cn[nH]c2n1. The maximum atomic E-state index is 9.25. The van der Waals surface area contributed by atoms with Crippen LogP contribution in [0.4, 0.5) is 11.8 Å². The van der Waals surface area contributed by atoms with Crippen LogP contribution in [0.3, 0.4) is 0 Å². The van der Waals surface area contributed by atoms with Gasteiger partial charge in [-0.25, -0.2) is 0 Å². The number of H-pyrrole nitrogens is 1. The van der Waals surface area contributed by atoms with Crippen LogP contribution in [-0.4, -0.2) is 44.5 Å². The summed E-state index contributed by atoms with van der Waals surface area (Å²) in [6.07, 6.45) is 4.13. The van der Waals surface area contributed by atoms with Crippen LogP contribution in [0.2, 0.25) is 0 Å². The van der Waals surface area contributed by atoms with Crippen molar-refractivity contribution >= 4 is 22.8 Å². The minimum Gasteiger partial charge on any atom is -0.393 e. The second-order valence-electron chi connectivity index (χ2n) is 4.87. The van der Waals surface area contributed by atoms with E-state index in [-0.39, 0.29) is 6.10 Å². The first-order valence-corrected chi connectivity index (χ1v) is 7.07. The number of aromatic nitrogens is 4. The molecule has 0 amide bonds. The van der Waals surface area contributed by atoms with Crippen LogP contribution >= 0.6 is 0 Å². The van der Waals surface area contributed by atoms with Crippen molar-refractivity contribution in [1.82, 2.24) is 20.2 Å². The molecule has 1 unspecified atom stereocenters. The Morgan fingerprint density at radius 2 is 2.15 bits per heavy atom. The molecule has 0 bridgehead atoms. The number of nitrogens with zero attached hydrogens (tertiary/aromatic N) is 3. The van der Waals surface area contributed by atoms with E-state index in [0.29, 0.717) is 5.95 Å². The highest BCUT2D eigenvalue weighted by atomic mass is 16.3. The fourth-order valence-corrected chi connectivity index (χ4v) is 1.89. The fourth-order valence-electron chi connectivity index (χ4n) is 1.89. The van der Waals surface area contributed by atoms with Gasteiger partial charge in [-0.05, 0) is 26.2 Å². The van der Waals surface area contributed by atoms with Gasteiger partial charge in [0.25, 0.3) is 0 Å². The molecule has 2 rings (SSSR count). The Bertz CT molecular complexity index is 539. The summed E-state index contributed by atoms with van der Waals surface area (Å²) in [5.41, 5.74) is 0.719. The van der Waals surface area contributed by atoms with E-state index in [1.807, 2.05) is 0 Å². The normalized spacial score (nSPS) is 12.6. The van der Waals surface area contributed by atoms with Crippen LogP contribution in [0.5, 0.6) is 0 Å². The molecule has 7 nitrogen and oxygen atoms in total. The second kappa shape index (κ2) is 7.04. The molecule has 0 aliphatic heterocycles. The van der Waals surface area contributed by atoms with Gasteiger partial charge in [-0.3, -0.25) is 5.10 Å². The Labute approximate surface area is 118 Å². The number of aliphatic hydroxyl groups excluding tert-OH is 1. The molecule has 0 fully saturated rings. The number of hydrogen-bond acceptors (Lipinski definition) is 6. The van der Waals surface area contributed by atoms with Crippen molar-refractivity contribution in [2.24, 2.45) is 0 Å². The topological polar surface area (TPSA) is 98.8 Å². The molecule has 2 aromatic heterocycles. The lowest BCUT2D eigenvalue weighted by Crippen LogP contribution is -2.10. The standard InChI is InChI=1S/C13H22N6O/c1-3-6-15-13-17-11(14-7-4-5-9(2)20)10-8-16-19-12(10)18-13/h8-9,20H,3-7H2,1-2H3,(H3,14,15,16,17,18,19). The molecule has 0 saturated heterocycles. The van der Waals surface area contributed by atoms with Crippen molar-refractivity contribution in [1.29, 1.82) is 0 Å². The average Bonchev–Trinajstić information content (AvgIpc) is 2.89. The molecule has 1 atom stereocenters. The minimum absolute atomic E-state index is 0.266. The number of rotatable bonds is 8. The van der Waals surface area contributed by atoms with E-state index in [9.17, 15) is 5.11 Å². The Balaban J connectivity index is 2.07. The number of aliphatic hydroxyl groups is 1. The Morgan fingerprint density at radius 1 is 1.30 bits per heavy atom. The van der Waals surface area contributed by atoms with Gasteiger partial charge in [0.05, 0.1) is 17.7 Å². The van der Waals surface area contributed by atoms with Crippen molar-refractivity contribution in [3.05, 3.63) is 6.20 Å². The van der Waals surface area contributed by atoms with Crippen LogP contribution in [0, 0.1) is 0 Å². The molecule has 7 heteroatoms. The maximum Gasteiger partial charge on any atom is 0.226 e. The van der Waals surface area contributed by atoms with Crippen LogP contribution in [0.15, 0.2) is 6.20 Å². The average molecular weight is 278 g/mol. The third-order valence-corrected chi connectivity index (χ3v) is 2.93. The molecular weight excluding hydrogens is 256 g/mol. The van der Waals surface area contributed by atoms with Crippen LogP contribution in [0.1, 0.15) is 33.1 Å². The molecule has 0 aliphatic carbocycles. The second-order valence-corrected chi connectivity index (χ2v) is 4.87. The van der Waals surface area contributed by atoms with Gasteiger partial charge in [0.15, 0.2) is 5.65 Å². The highest BCUT2D eigenvalue weighted by molar-refractivity contribution is 5.86. The molecule has 2 aromatic rings. The zero-order valence-electron chi connectivity index (χ0n) is 12.0. The van der Waals surface area contributed by atoms with Crippen LogP contribution < -0.4 is 10.6 Å². The van der Waals surface area contributed by atoms with Gasteiger partial charge in [-0.1, -0.05) is 6.92 Å². The number of aromatic amines is 1. The summed E-state index contributed by atoms with van der Waals surface area (Å²) in [5.74, 6) is 1.37. The number of hydrogen-bond donors (Lipinski definition) is 4. The van der Waals surface area contributed by atoms with E-state index in [0.717, 1.165) is 49.2 Å². The van der Waals surface area contributed by atoms with Gasteiger partial charge in [0.1, 0.15) is 5.82 Å². The first kappa shape index (κ1) is 14.5. The summed E-state index contributed by atoms with van der Waals surface area (Å²) >= 11 is 0. The summed E-state index contributed by atoms with van der Waals surface area (Å²) in [4.78, 5) is 8.84. The highest BCUT2D eigenvalue weighted by Crippen LogP contribution is 2.19. The summed E-state index contributed by atoms with van der Waals surface area (Å²) in [5, 5.41) is 23.5. The maximum absolute atomic E-state index is 9.25. The zero-order valence-corrected chi connectivity index (χ0v) is 12.0.